The lowest BCUT2D eigenvalue weighted by Crippen LogP contribution is -2.29. The molecule has 0 aliphatic heterocycles. The van der Waals surface area contributed by atoms with Crippen molar-refractivity contribution in [3.8, 4) is 11.5 Å². The van der Waals surface area contributed by atoms with Gasteiger partial charge in [0.25, 0.3) is 5.91 Å². The van der Waals surface area contributed by atoms with Gasteiger partial charge < -0.3 is 9.47 Å². The Morgan fingerprint density at radius 3 is 2.36 bits per heavy atom. The second kappa shape index (κ2) is 13.7. The molecule has 0 aliphatic carbocycles. The Hall–Kier alpha value is -4.05. The van der Waals surface area contributed by atoms with Crippen molar-refractivity contribution in [2.24, 2.45) is 5.10 Å². The van der Waals surface area contributed by atoms with Gasteiger partial charge in [-0.15, -0.1) is 0 Å². The van der Waals surface area contributed by atoms with Crippen LogP contribution in [0, 0.1) is 6.92 Å². The van der Waals surface area contributed by atoms with Gasteiger partial charge in [0.05, 0.1) is 31.8 Å². The van der Waals surface area contributed by atoms with E-state index in [2.05, 4.69) is 10.5 Å². The third kappa shape index (κ3) is 8.03. The van der Waals surface area contributed by atoms with Crippen LogP contribution in [0.1, 0.15) is 32.6 Å². The first kappa shape index (κ1) is 30.9. The molecule has 0 spiro atoms. The monoisotopic (exact) mass is 625 g/mol. The Balaban J connectivity index is 1.39. The lowest BCUT2D eigenvalue weighted by Gasteiger charge is -2.23. The summed E-state index contributed by atoms with van der Waals surface area (Å²) in [5.74, 6) is 0.539. The topological polar surface area (TPSA) is 97.3 Å². The number of carbonyl (C=O) groups excluding carboxylic acids is 1. The van der Waals surface area contributed by atoms with Crippen molar-refractivity contribution in [2.75, 3.05) is 17.7 Å². The molecule has 4 aromatic carbocycles. The molecule has 4 rings (SSSR count). The summed E-state index contributed by atoms with van der Waals surface area (Å²) in [6.45, 7) is 2.34. The van der Waals surface area contributed by atoms with Crippen LogP contribution in [0.3, 0.4) is 0 Å². The molecule has 11 heteroatoms. The van der Waals surface area contributed by atoms with E-state index in [9.17, 15) is 13.2 Å². The molecule has 42 heavy (non-hydrogen) atoms. The quantitative estimate of drug-likeness (QED) is 0.149. The molecular weight excluding hydrogens is 597 g/mol. The SMILES string of the molecule is COc1cc(/C=N\NC(=O)c2ccc(N(Cc3ccccc3C)S(C)(=O)=O)cc2)ccc1OCc1ccc(Cl)cc1Cl. The van der Waals surface area contributed by atoms with Crippen molar-refractivity contribution in [3.05, 3.63) is 123 Å². The second-order valence-corrected chi connectivity index (χ2v) is 12.1. The van der Waals surface area contributed by atoms with E-state index in [-0.39, 0.29) is 13.2 Å². The first-order chi connectivity index (χ1) is 20.0. The summed E-state index contributed by atoms with van der Waals surface area (Å²) < 4.78 is 37.7. The molecule has 8 nitrogen and oxygen atoms in total. The number of rotatable bonds is 11. The fraction of sp³-hybridized carbons (Fsp3) is 0.161. The molecule has 0 unspecified atom stereocenters. The van der Waals surface area contributed by atoms with E-state index >= 15 is 0 Å². The van der Waals surface area contributed by atoms with Crippen LogP contribution in [0.4, 0.5) is 5.69 Å². The number of anilines is 1. The molecule has 0 aromatic heterocycles. The van der Waals surface area contributed by atoms with Crippen LogP contribution in [0.5, 0.6) is 11.5 Å². The van der Waals surface area contributed by atoms with Gasteiger partial charge in [0, 0.05) is 21.2 Å². The number of benzene rings is 4. The number of amides is 1. The number of hydrogen-bond donors (Lipinski definition) is 1. The van der Waals surface area contributed by atoms with Crippen LogP contribution in [0.2, 0.25) is 10.0 Å². The summed E-state index contributed by atoms with van der Waals surface area (Å²) in [6, 6.07) is 24.3. The minimum atomic E-state index is -3.56. The molecule has 218 valence electrons. The van der Waals surface area contributed by atoms with E-state index < -0.39 is 15.9 Å². The summed E-state index contributed by atoms with van der Waals surface area (Å²) >= 11 is 12.2. The lowest BCUT2D eigenvalue weighted by atomic mass is 10.1. The van der Waals surface area contributed by atoms with Gasteiger partial charge >= 0.3 is 0 Å². The zero-order chi connectivity index (χ0) is 30.3. The van der Waals surface area contributed by atoms with Crippen molar-refractivity contribution in [1.82, 2.24) is 5.43 Å². The number of hydrogen-bond acceptors (Lipinski definition) is 6. The van der Waals surface area contributed by atoms with Crippen molar-refractivity contribution in [2.45, 2.75) is 20.1 Å². The van der Waals surface area contributed by atoms with Gasteiger partial charge in [-0.05, 0) is 78.2 Å². The van der Waals surface area contributed by atoms with Crippen molar-refractivity contribution < 1.29 is 22.7 Å². The van der Waals surface area contributed by atoms with E-state index in [0.717, 1.165) is 22.9 Å². The maximum atomic E-state index is 12.7. The Morgan fingerprint density at radius 2 is 1.69 bits per heavy atom. The zero-order valence-corrected chi connectivity index (χ0v) is 25.5. The van der Waals surface area contributed by atoms with Gasteiger partial charge in [0.1, 0.15) is 6.61 Å². The first-order valence-corrected chi connectivity index (χ1v) is 15.4. The number of halogens is 2. The number of methoxy groups -OCH3 is 1. The third-order valence-electron chi connectivity index (χ3n) is 6.36. The van der Waals surface area contributed by atoms with Crippen LogP contribution in [-0.4, -0.2) is 33.9 Å². The van der Waals surface area contributed by atoms with Gasteiger partial charge in [-0.1, -0.05) is 53.5 Å². The molecule has 0 bridgehead atoms. The number of nitrogens with one attached hydrogen (secondary N) is 1. The highest BCUT2D eigenvalue weighted by Crippen LogP contribution is 2.30. The fourth-order valence-corrected chi connectivity index (χ4v) is 5.37. The van der Waals surface area contributed by atoms with Crippen LogP contribution >= 0.6 is 23.2 Å². The van der Waals surface area contributed by atoms with Gasteiger partial charge in [-0.3, -0.25) is 9.10 Å². The number of sulfonamides is 1. The molecular formula is C31H29Cl2N3O5S. The Morgan fingerprint density at radius 1 is 0.952 bits per heavy atom. The fourth-order valence-electron chi connectivity index (χ4n) is 4.03. The minimum absolute atomic E-state index is 0.184. The van der Waals surface area contributed by atoms with Gasteiger partial charge in [-0.25, -0.2) is 13.8 Å². The zero-order valence-electron chi connectivity index (χ0n) is 23.2. The van der Waals surface area contributed by atoms with Crippen molar-refractivity contribution in [1.29, 1.82) is 0 Å². The van der Waals surface area contributed by atoms with Crippen LogP contribution in [-0.2, 0) is 23.2 Å². The molecule has 4 aromatic rings. The van der Waals surface area contributed by atoms with Crippen molar-refractivity contribution >= 4 is 51.0 Å². The molecule has 0 saturated heterocycles. The average molecular weight is 627 g/mol. The highest BCUT2D eigenvalue weighted by Gasteiger charge is 2.19. The first-order valence-electron chi connectivity index (χ1n) is 12.8. The van der Waals surface area contributed by atoms with E-state index in [0.29, 0.717) is 38.4 Å². The minimum Gasteiger partial charge on any atom is -0.493 e. The average Bonchev–Trinajstić information content (AvgIpc) is 2.96. The summed E-state index contributed by atoms with van der Waals surface area (Å²) in [7, 11) is -2.04. The molecule has 0 fully saturated rings. The van der Waals surface area contributed by atoms with E-state index in [4.69, 9.17) is 32.7 Å². The maximum absolute atomic E-state index is 12.7. The number of carbonyl (C=O) groups is 1. The van der Waals surface area contributed by atoms with E-state index in [1.165, 1.54) is 17.6 Å². The van der Waals surface area contributed by atoms with Crippen LogP contribution in [0.15, 0.2) is 90.0 Å². The smallest absolute Gasteiger partial charge is 0.271 e. The highest BCUT2D eigenvalue weighted by atomic mass is 35.5. The molecule has 0 atom stereocenters. The van der Waals surface area contributed by atoms with Gasteiger partial charge in [0.15, 0.2) is 11.5 Å². The largest absolute Gasteiger partial charge is 0.493 e. The predicted molar refractivity (Wildman–Crippen MR) is 167 cm³/mol. The second-order valence-electron chi connectivity index (χ2n) is 9.38. The normalized spacial score (nSPS) is 11.4. The van der Waals surface area contributed by atoms with Crippen LogP contribution < -0.4 is 19.2 Å². The van der Waals surface area contributed by atoms with Gasteiger partial charge in [0.2, 0.25) is 10.0 Å². The molecule has 0 heterocycles. The Bertz CT molecular complexity index is 1710. The van der Waals surface area contributed by atoms with Gasteiger partial charge in [-0.2, -0.15) is 5.10 Å². The number of ether oxygens (including phenoxy) is 2. The van der Waals surface area contributed by atoms with E-state index in [1.807, 2.05) is 31.2 Å². The maximum Gasteiger partial charge on any atom is 0.271 e. The summed E-state index contributed by atoms with van der Waals surface area (Å²) in [4.78, 5) is 12.7. The van der Waals surface area contributed by atoms with E-state index in [1.54, 1.807) is 60.7 Å². The van der Waals surface area contributed by atoms with Crippen LogP contribution in [0.25, 0.3) is 0 Å². The lowest BCUT2D eigenvalue weighted by molar-refractivity contribution is 0.0955. The molecule has 0 radical (unpaired) electrons. The highest BCUT2D eigenvalue weighted by molar-refractivity contribution is 7.92. The Kier molecular flexibility index (Phi) is 10.1. The molecule has 0 aliphatic rings. The summed E-state index contributed by atoms with van der Waals surface area (Å²) in [5.41, 5.74) is 6.58. The standard InChI is InChI=1S/C31H29Cl2N3O5S/c1-21-6-4-5-7-24(21)19-36(42(3,38)39)27-13-10-23(11-14-27)31(37)35-34-18-22-8-15-29(30(16-22)40-2)41-20-25-9-12-26(32)17-28(25)33/h4-18H,19-20H2,1-3H3,(H,35,37)/b34-18-. The predicted octanol–water partition coefficient (Wildman–Crippen LogP) is 6.62. The van der Waals surface area contributed by atoms with Crippen molar-refractivity contribution in [3.63, 3.8) is 0 Å². The molecule has 1 N–H and O–H groups in total. The third-order valence-corrected chi connectivity index (χ3v) is 8.09. The molecule has 1 amide bonds. The molecule has 0 saturated carbocycles. The number of nitrogens with zero attached hydrogens (tertiary/aromatic N) is 2. The summed E-state index contributed by atoms with van der Waals surface area (Å²) in [6.07, 6.45) is 2.63. The summed E-state index contributed by atoms with van der Waals surface area (Å²) in [5, 5.41) is 5.09. The Labute approximate surface area is 255 Å². The number of aryl methyl sites for hydroxylation is 1. The number of hydrazone groups is 1.